The Balaban J connectivity index is 1.49. The minimum Gasteiger partial charge on any atom is -0.350 e. The maximum absolute atomic E-state index is 13.2. The molecule has 12 heteroatoms. The summed E-state index contributed by atoms with van der Waals surface area (Å²) < 4.78 is 38.0. The van der Waals surface area contributed by atoms with Crippen LogP contribution in [0.25, 0.3) is 5.82 Å². The van der Waals surface area contributed by atoms with Crippen LogP contribution in [-0.2, 0) is 6.18 Å². The second-order valence-corrected chi connectivity index (χ2v) is 7.17. The van der Waals surface area contributed by atoms with Gasteiger partial charge in [-0.25, -0.2) is 15.0 Å². The number of aromatic nitrogens is 6. The molecule has 3 aromatic heterocycles. The molecule has 0 aromatic carbocycles. The molecule has 1 fully saturated rings. The fraction of sp³-hybridized carbons (Fsp3) is 0.368. The third kappa shape index (κ3) is 4.62. The van der Waals surface area contributed by atoms with Gasteiger partial charge in [0.05, 0.1) is 23.5 Å². The van der Waals surface area contributed by atoms with Crippen molar-refractivity contribution in [2.75, 3.05) is 18.4 Å². The predicted octanol–water partition coefficient (Wildman–Crippen LogP) is 2.50. The summed E-state index contributed by atoms with van der Waals surface area (Å²) in [5.74, 6) is 0.210. The van der Waals surface area contributed by atoms with Crippen molar-refractivity contribution in [3.05, 3.63) is 53.7 Å². The Labute approximate surface area is 175 Å². The number of carbonyl (C=O) groups excluding carboxylic acids is 1. The lowest BCUT2D eigenvalue weighted by atomic mass is 10.0. The van der Waals surface area contributed by atoms with E-state index in [1.807, 2.05) is 6.92 Å². The van der Waals surface area contributed by atoms with Crippen LogP contribution in [0.1, 0.15) is 34.5 Å². The summed E-state index contributed by atoms with van der Waals surface area (Å²) in [6.45, 7) is 2.71. The predicted molar refractivity (Wildman–Crippen MR) is 103 cm³/mol. The minimum absolute atomic E-state index is 0.0886. The summed E-state index contributed by atoms with van der Waals surface area (Å²) in [4.78, 5) is 28.1. The van der Waals surface area contributed by atoms with Crippen molar-refractivity contribution < 1.29 is 18.0 Å². The second-order valence-electron chi connectivity index (χ2n) is 7.17. The third-order valence-corrected chi connectivity index (χ3v) is 4.87. The molecule has 31 heavy (non-hydrogen) atoms. The fourth-order valence-corrected chi connectivity index (χ4v) is 3.37. The van der Waals surface area contributed by atoms with E-state index in [0.29, 0.717) is 24.5 Å². The standard InChI is InChI=1S/C19H19F3N8O/c1-12-4-5-15(16(27-12)30-25-6-7-26-30)17(31)29-8-2-3-14(11-29)28-18-23-9-13(10-24-18)19(20,21)22/h4-7,9-10,14H,2-3,8,11H2,1H3,(H,23,24,28). The average Bonchev–Trinajstić information content (AvgIpc) is 3.28. The molecule has 1 amide bonds. The van der Waals surface area contributed by atoms with Crippen LogP contribution in [0, 0.1) is 6.92 Å². The van der Waals surface area contributed by atoms with Gasteiger partial charge in [-0.15, -0.1) is 4.80 Å². The highest BCUT2D eigenvalue weighted by atomic mass is 19.4. The fourth-order valence-electron chi connectivity index (χ4n) is 3.37. The number of hydrogen-bond acceptors (Lipinski definition) is 7. The van der Waals surface area contributed by atoms with Crippen LogP contribution in [0.5, 0.6) is 0 Å². The maximum Gasteiger partial charge on any atom is 0.419 e. The monoisotopic (exact) mass is 432 g/mol. The highest BCUT2D eigenvalue weighted by molar-refractivity contribution is 5.97. The van der Waals surface area contributed by atoms with Gasteiger partial charge >= 0.3 is 6.18 Å². The topological polar surface area (TPSA) is 102 Å². The van der Waals surface area contributed by atoms with Gasteiger partial charge in [0.1, 0.15) is 0 Å². The van der Waals surface area contributed by atoms with Crippen LogP contribution >= 0.6 is 0 Å². The van der Waals surface area contributed by atoms with Crippen molar-refractivity contribution in [2.45, 2.75) is 32.0 Å². The Hall–Kier alpha value is -3.57. The van der Waals surface area contributed by atoms with Crippen LogP contribution in [0.15, 0.2) is 36.9 Å². The molecule has 0 bridgehead atoms. The van der Waals surface area contributed by atoms with E-state index in [9.17, 15) is 18.0 Å². The Kier molecular flexibility index (Phi) is 5.53. The number of pyridine rings is 1. The number of nitrogens with one attached hydrogen (secondary N) is 1. The molecular formula is C19H19F3N8O. The number of carbonyl (C=O) groups is 1. The first-order valence-electron chi connectivity index (χ1n) is 9.60. The van der Waals surface area contributed by atoms with E-state index in [1.165, 1.54) is 17.2 Å². The molecule has 9 nitrogen and oxygen atoms in total. The van der Waals surface area contributed by atoms with E-state index in [-0.39, 0.29) is 17.9 Å². The number of aryl methyl sites for hydroxylation is 1. The molecule has 1 unspecified atom stereocenters. The van der Waals surface area contributed by atoms with Gasteiger partial charge < -0.3 is 10.2 Å². The number of anilines is 1. The molecule has 0 spiro atoms. The molecule has 1 atom stereocenters. The van der Waals surface area contributed by atoms with Gasteiger partial charge in [0.15, 0.2) is 5.82 Å². The van der Waals surface area contributed by atoms with Gasteiger partial charge in [-0.05, 0) is 31.9 Å². The van der Waals surface area contributed by atoms with Crippen molar-refractivity contribution >= 4 is 11.9 Å². The van der Waals surface area contributed by atoms with Crippen molar-refractivity contribution in [3.8, 4) is 5.82 Å². The number of piperidine rings is 1. The van der Waals surface area contributed by atoms with Crippen LogP contribution in [0.4, 0.5) is 19.1 Å². The lowest BCUT2D eigenvalue weighted by Gasteiger charge is -2.33. The van der Waals surface area contributed by atoms with E-state index in [2.05, 4.69) is 30.5 Å². The minimum atomic E-state index is -4.49. The molecule has 1 N–H and O–H groups in total. The molecule has 1 aliphatic heterocycles. The quantitative estimate of drug-likeness (QED) is 0.676. The SMILES string of the molecule is Cc1ccc(C(=O)N2CCCC(Nc3ncc(C(F)(F)F)cn3)C2)c(-n2nccn2)n1. The third-order valence-electron chi connectivity index (χ3n) is 4.87. The first-order valence-corrected chi connectivity index (χ1v) is 9.60. The summed E-state index contributed by atoms with van der Waals surface area (Å²) in [7, 11) is 0. The summed E-state index contributed by atoms with van der Waals surface area (Å²) in [5.41, 5.74) is 0.180. The van der Waals surface area contributed by atoms with Crippen molar-refractivity contribution in [3.63, 3.8) is 0 Å². The van der Waals surface area contributed by atoms with E-state index < -0.39 is 11.7 Å². The Morgan fingerprint density at radius 2 is 1.87 bits per heavy atom. The Morgan fingerprint density at radius 1 is 1.16 bits per heavy atom. The molecule has 0 radical (unpaired) electrons. The maximum atomic E-state index is 13.2. The van der Waals surface area contributed by atoms with Gasteiger partial charge in [-0.2, -0.15) is 23.4 Å². The number of hydrogen-bond donors (Lipinski definition) is 1. The number of halogens is 3. The van der Waals surface area contributed by atoms with Crippen LogP contribution < -0.4 is 5.32 Å². The number of amides is 1. The Morgan fingerprint density at radius 3 is 2.55 bits per heavy atom. The molecular weight excluding hydrogens is 413 g/mol. The molecule has 4 heterocycles. The second kappa shape index (κ2) is 8.28. The van der Waals surface area contributed by atoms with Gasteiger partial charge in [-0.1, -0.05) is 0 Å². The molecule has 4 rings (SSSR count). The van der Waals surface area contributed by atoms with Crippen LogP contribution in [-0.4, -0.2) is 59.9 Å². The lowest BCUT2D eigenvalue weighted by molar-refractivity contribution is -0.138. The van der Waals surface area contributed by atoms with Crippen LogP contribution in [0.3, 0.4) is 0 Å². The molecule has 0 aliphatic carbocycles. The van der Waals surface area contributed by atoms with E-state index in [1.54, 1.807) is 17.0 Å². The molecule has 1 saturated heterocycles. The van der Waals surface area contributed by atoms with Gasteiger partial charge in [0.2, 0.25) is 5.95 Å². The van der Waals surface area contributed by atoms with Gasteiger partial charge in [0, 0.05) is 37.2 Å². The molecule has 1 aliphatic rings. The highest BCUT2D eigenvalue weighted by Crippen LogP contribution is 2.28. The van der Waals surface area contributed by atoms with E-state index >= 15 is 0 Å². The van der Waals surface area contributed by atoms with Crippen molar-refractivity contribution in [1.82, 2.24) is 34.8 Å². The van der Waals surface area contributed by atoms with Crippen molar-refractivity contribution in [1.29, 1.82) is 0 Å². The Bertz CT molecular complexity index is 1050. The lowest BCUT2D eigenvalue weighted by Crippen LogP contribution is -2.45. The first-order chi connectivity index (χ1) is 14.8. The van der Waals surface area contributed by atoms with E-state index in [4.69, 9.17) is 0 Å². The molecule has 162 valence electrons. The molecule has 3 aromatic rings. The average molecular weight is 432 g/mol. The zero-order valence-electron chi connectivity index (χ0n) is 16.5. The van der Waals surface area contributed by atoms with Gasteiger partial charge in [0.25, 0.3) is 5.91 Å². The van der Waals surface area contributed by atoms with E-state index in [0.717, 1.165) is 30.9 Å². The van der Waals surface area contributed by atoms with Crippen LogP contribution in [0.2, 0.25) is 0 Å². The highest BCUT2D eigenvalue weighted by Gasteiger charge is 2.32. The largest absolute Gasteiger partial charge is 0.419 e. The zero-order chi connectivity index (χ0) is 22.0. The summed E-state index contributed by atoms with van der Waals surface area (Å²) in [5, 5.41) is 11.2. The summed E-state index contributed by atoms with van der Waals surface area (Å²) in [6, 6.07) is 3.24. The summed E-state index contributed by atoms with van der Waals surface area (Å²) >= 11 is 0. The summed E-state index contributed by atoms with van der Waals surface area (Å²) in [6.07, 6.45) is 1.44. The number of nitrogens with zero attached hydrogens (tertiary/aromatic N) is 7. The number of likely N-dealkylation sites (tertiary alicyclic amines) is 1. The first kappa shape index (κ1) is 20.7. The van der Waals surface area contributed by atoms with Gasteiger partial charge in [-0.3, -0.25) is 4.79 Å². The number of alkyl halides is 3. The number of rotatable bonds is 4. The molecule has 0 saturated carbocycles. The smallest absolute Gasteiger partial charge is 0.350 e. The zero-order valence-corrected chi connectivity index (χ0v) is 16.5. The van der Waals surface area contributed by atoms with Crippen molar-refractivity contribution in [2.24, 2.45) is 0 Å². The normalized spacial score (nSPS) is 16.9.